The minimum Gasteiger partial charge on any atom is -0.308 e. The Morgan fingerprint density at radius 2 is 2.10 bits per heavy atom. The van der Waals surface area contributed by atoms with Gasteiger partial charge in [-0.1, -0.05) is 0 Å². The maximum Gasteiger partial charge on any atom is 0.263 e. The zero-order valence-corrected chi connectivity index (χ0v) is 6.26. The van der Waals surface area contributed by atoms with E-state index >= 15 is 0 Å². The average molecular weight is 170 g/mol. The quantitative estimate of drug-likeness (QED) is 0.579. The second-order valence-electron chi connectivity index (χ2n) is 3.03. The summed E-state index contributed by atoms with van der Waals surface area (Å²) >= 11 is 0. The van der Waals surface area contributed by atoms with Gasteiger partial charge in [-0.15, -0.1) is 12.4 Å². The molecule has 2 atom stereocenters. The van der Waals surface area contributed by atoms with Gasteiger partial charge < -0.3 is 5.32 Å². The summed E-state index contributed by atoms with van der Waals surface area (Å²) < 4.78 is 25.2. The van der Waals surface area contributed by atoms with Crippen molar-refractivity contribution in [2.75, 3.05) is 6.54 Å². The summed E-state index contributed by atoms with van der Waals surface area (Å²) in [6, 6.07) is -0.498. The highest BCUT2D eigenvalue weighted by Crippen LogP contribution is 2.42. The minimum absolute atomic E-state index is 0. The SMILES string of the molecule is Cl.FC1(F)C[C@H]2CN[C@@H]1C2. The first-order valence-electron chi connectivity index (χ1n) is 3.30. The number of hydrogen-bond donors (Lipinski definition) is 1. The van der Waals surface area contributed by atoms with Crippen LogP contribution in [0.2, 0.25) is 0 Å². The molecular formula is C6H10ClF2N. The Kier molecular flexibility index (Phi) is 1.90. The Labute approximate surface area is 64.6 Å². The molecule has 2 bridgehead atoms. The molecule has 2 aliphatic rings. The number of piperidine rings is 1. The molecule has 0 aromatic carbocycles. The highest BCUT2D eigenvalue weighted by atomic mass is 35.5. The smallest absolute Gasteiger partial charge is 0.263 e. The van der Waals surface area contributed by atoms with Gasteiger partial charge in [-0.05, 0) is 18.9 Å². The number of halogens is 3. The van der Waals surface area contributed by atoms with Crippen molar-refractivity contribution < 1.29 is 8.78 Å². The van der Waals surface area contributed by atoms with Crippen LogP contribution in [0, 0.1) is 5.92 Å². The van der Waals surface area contributed by atoms with Crippen molar-refractivity contribution in [1.82, 2.24) is 5.32 Å². The van der Waals surface area contributed by atoms with E-state index in [2.05, 4.69) is 5.32 Å². The van der Waals surface area contributed by atoms with Crippen molar-refractivity contribution in [1.29, 1.82) is 0 Å². The summed E-state index contributed by atoms with van der Waals surface area (Å²) in [5.41, 5.74) is 0. The van der Waals surface area contributed by atoms with Gasteiger partial charge in [-0.3, -0.25) is 0 Å². The molecule has 1 aliphatic carbocycles. The summed E-state index contributed by atoms with van der Waals surface area (Å²) in [6.07, 6.45) is 0.803. The molecule has 1 saturated heterocycles. The average Bonchev–Trinajstić information content (AvgIpc) is 2.19. The highest BCUT2D eigenvalue weighted by Gasteiger charge is 2.52. The van der Waals surface area contributed by atoms with E-state index in [1.54, 1.807) is 0 Å². The Bertz CT molecular complexity index is 140. The lowest BCUT2D eigenvalue weighted by Gasteiger charge is -2.21. The fourth-order valence-electron chi connectivity index (χ4n) is 1.81. The van der Waals surface area contributed by atoms with Crippen LogP contribution in [-0.2, 0) is 0 Å². The molecular weight excluding hydrogens is 160 g/mol. The normalized spacial score (nSPS) is 41.4. The number of rotatable bonds is 0. The Hall–Kier alpha value is 0.110. The molecule has 0 spiro atoms. The highest BCUT2D eigenvalue weighted by molar-refractivity contribution is 5.85. The van der Waals surface area contributed by atoms with Crippen LogP contribution in [0.1, 0.15) is 12.8 Å². The summed E-state index contributed by atoms with van der Waals surface area (Å²) in [6.45, 7) is 0.806. The number of hydrogen-bond acceptors (Lipinski definition) is 1. The van der Waals surface area contributed by atoms with E-state index < -0.39 is 12.0 Å². The van der Waals surface area contributed by atoms with Crippen LogP contribution in [-0.4, -0.2) is 18.5 Å². The van der Waals surface area contributed by atoms with Gasteiger partial charge in [0.2, 0.25) is 0 Å². The van der Waals surface area contributed by atoms with Crippen molar-refractivity contribution in [2.45, 2.75) is 24.8 Å². The summed E-state index contributed by atoms with van der Waals surface area (Å²) in [4.78, 5) is 0. The number of fused-ring (bicyclic) bond motifs is 2. The monoisotopic (exact) mass is 169 g/mol. The predicted molar refractivity (Wildman–Crippen MR) is 36.7 cm³/mol. The van der Waals surface area contributed by atoms with E-state index in [1.165, 1.54) is 0 Å². The fraction of sp³-hybridized carbons (Fsp3) is 1.00. The summed E-state index contributed by atoms with van der Waals surface area (Å²) in [5, 5.41) is 2.80. The standard InChI is InChI=1S/C6H9F2N.ClH/c7-6(8)2-4-1-5(6)9-3-4;/h4-5,9H,1-3H2;1H/t4-,5+;/m0./s1. The van der Waals surface area contributed by atoms with Gasteiger partial charge in [-0.25, -0.2) is 8.78 Å². The third-order valence-corrected chi connectivity index (χ3v) is 2.29. The fourth-order valence-corrected chi connectivity index (χ4v) is 1.81. The van der Waals surface area contributed by atoms with Gasteiger partial charge in [0.15, 0.2) is 0 Å². The second-order valence-corrected chi connectivity index (χ2v) is 3.03. The molecule has 0 amide bonds. The molecule has 0 aromatic heterocycles. The molecule has 10 heavy (non-hydrogen) atoms. The van der Waals surface area contributed by atoms with Gasteiger partial charge in [0.1, 0.15) is 0 Å². The Morgan fingerprint density at radius 3 is 2.30 bits per heavy atom. The van der Waals surface area contributed by atoms with Gasteiger partial charge in [0.25, 0.3) is 5.92 Å². The molecule has 60 valence electrons. The van der Waals surface area contributed by atoms with Crippen LogP contribution in [0.3, 0.4) is 0 Å². The van der Waals surface area contributed by atoms with Crippen molar-refractivity contribution in [3.63, 3.8) is 0 Å². The maximum atomic E-state index is 12.6. The van der Waals surface area contributed by atoms with Gasteiger partial charge >= 0.3 is 0 Å². The zero-order chi connectivity index (χ0) is 6.48. The number of nitrogens with one attached hydrogen (secondary N) is 1. The van der Waals surface area contributed by atoms with Crippen LogP contribution in [0.4, 0.5) is 8.78 Å². The van der Waals surface area contributed by atoms with Crippen LogP contribution in [0.25, 0.3) is 0 Å². The van der Waals surface area contributed by atoms with E-state index in [1.807, 2.05) is 0 Å². The molecule has 0 unspecified atom stereocenters. The van der Waals surface area contributed by atoms with Crippen molar-refractivity contribution >= 4 is 12.4 Å². The Morgan fingerprint density at radius 1 is 1.40 bits per heavy atom. The molecule has 2 fully saturated rings. The topological polar surface area (TPSA) is 12.0 Å². The molecule has 1 aliphatic heterocycles. The Balaban J connectivity index is 0.000000500. The summed E-state index contributed by atoms with van der Waals surface area (Å²) in [7, 11) is 0. The first-order valence-corrected chi connectivity index (χ1v) is 3.30. The second kappa shape index (κ2) is 2.31. The minimum atomic E-state index is -2.40. The molecule has 4 heteroatoms. The van der Waals surface area contributed by atoms with Gasteiger partial charge in [0.05, 0.1) is 6.04 Å². The molecule has 0 radical (unpaired) electrons. The third-order valence-electron chi connectivity index (χ3n) is 2.29. The molecule has 2 rings (SSSR count). The lowest BCUT2D eigenvalue weighted by molar-refractivity contribution is -0.0304. The van der Waals surface area contributed by atoms with Crippen molar-refractivity contribution in [3.8, 4) is 0 Å². The predicted octanol–water partition coefficient (Wildman–Crippen LogP) is 1.43. The van der Waals surface area contributed by atoms with Crippen LogP contribution in [0.5, 0.6) is 0 Å². The van der Waals surface area contributed by atoms with E-state index in [0.717, 1.165) is 6.54 Å². The first-order chi connectivity index (χ1) is 4.18. The van der Waals surface area contributed by atoms with E-state index in [0.29, 0.717) is 6.42 Å². The van der Waals surface area contributed by atoms with E-state index in [4.69, 9.17) is 0 Å². The van der Waals surface area contributed by atoms with Gasteiger partial charge in [0, 0.05) is 6.42 Å². The zero-order valence-electron chi connectivity index (χ0n) is 5.44. The van der Waals surface area contributed by atoms with Crippen LogP contribution >= 0.6 is 12.4 Å². The maximum absolute atomic E-state index is 12.6. The first kappa shape index (κ1) is 8.21. The van der Waals surface area contributed by atoms with Crippen LogP contribution < -0.4 is 5.32 Å². The number of alkyl halides is 2. The summed E-state index contributed by atoms with van der Waals surface area (Å²) in [5.74, 6) is -2.15. The van der Waals surface area contributed by atoms with Crippen LogP contribution in [0.15, 0.2) is 0 Å². The molecule has 1 nitrogen and oxygen atoms in total. The molecule has 0 aromatic rings. The molecule has 1 heterocycles. The third kappa shape index (κ3) is 1.01. The van der Waals surface area contributed by atoms with Gasteiger partial charge in [-0.2, -0.15) is 0 Å². The largest absolute Gasteiger partial charge is 0.308 e. The molecule has 1 saturated carbocycles. The van der Waals surface area contributed by atoms with E-state index in [-0.39, 0.29) is 24.7 Å². The van der Waals surface area contributed by atoms with Crippen molar-refractivity contribution in [2.24, 2.45) is 5.92 Å². The lowest BCUT2D eigenvalue weighted by atomic mass is 10.1. The lowest BCUT2D eigenvalue weighted by Crippen LogP contribution is -2.41. The van der Waals surface area contributed by atoms with Crippen molar-refractivity contribution in [3.05, 3.63) is 0 Å². The van der Waals surface area contributed by atoms with E-state index in [9.17, 15) is 8.78 Å². The molecule has 1 N–H and O–H groups in total.